The fourth-order valence-electron chi connectivity index (χ4n) is 3.97. The number of ether oxygens (including phenoxy) is 4. The lowest BCUT2D eigenvalue weighted by Gasteiger charge is -2.23. The lowest BCUT2D eigenvalue weighted by Crippen LogP contribution is -2.19. The number of halogens is 6. The molecule has 1 N–H and O–H groups in total. The molecule has 6 nitrogen and oxygen atoms in total. The Hall–Kier alpha value is -1.87. The Balaban J connectivity index is 0.000000213. The number of benzene rings is 2. The van der Waals surface area contributed by atoms with Crippen molar-refractivity contribution in [3.8, 4) is 0 Å². The molecular formula is C26H35F6NO5S. The van der Waals surface area contributed by atoms with Crippen LogP contribution in [0.5, 0.6) is 0 Å². The fourth-order valence-corrected chi connectivity index (χ4v) is 4.56. The molecule has 13 heteroatoms. The summed E-state index contributed by atoms with van der Waals surface area (Å²) >= 11 is -4.93. The molecule has 2 unspecified atom stereocenters. The Morgan fingerprint density at radius 1 is 0.795 bits per heavy atom. The molecule has 2 aromatic rings. The van der Waals surface area contributed by atoms with Crippen molar-refractivity contribution in [2.45, 2.75) is 52.6 Å². The molecule has 2 saturated heterocycles. The minimum atomic E-state index is -4.93. The van der Waals surface area contributed by atoms with E-state index in [0.717, 1.165) is 0 Å². The first-order chi connectivity index (χ1) is 18.4. The Labute approximate surface area is 227 Å². The molecule has 2 heterocycles. The highest BCUT2D eigenvalue weighted by atomic mass is 32.3. The predicted molar refractivity (Wildman–Crippen MR) is 136 cm³/mol. The highest BCUT2D eigenvalue weighted by Gasteiger charge is 2.28. The monoisotopic (exact) mass is 587 g/mol. The summed E-state index contributed by atoms with van der Waals surface area (Å²) < 4.78 is 96.9. The van der Waals surface area contributed by atoms with Gasteiger partial charge in [0.15, 0.2) is 12.6 Å². The summed E-state index contributed by atoms with van der Waals surface area (Å²) in [7, 11) is 0. The van der Waals surface area contributed by atoms with Crippen LogP contribution in [-0.4, -0.2) is 48.9 Å². The van der Waals surface area contributed by atoms with Crippen molar-refractivity contribution in [3.63, 3.8) is 0 Å². The Kier molecular flexibility index (Phi) is 13.5. The van der Waals surface area contributed by atoms with Gasteiger partial charge in [0.25, 0.3) is 11.4 Å². The number of rotatable bonds is 7. The molecule has 0 aromatic heterocycles. The zero-order valence-electron chi connectivity index (χ0n) is 22.2. The molecule has 2 atom stereocenters. The van der Waals surface area contributed by atoms with Crippen molar-refractivity contribution in [1.29, 1.82) is 0 Å². The highest BCUT2D eigenvalue weighted by molar-refractivity contribution is 8.18. The molecular weight excluding hydrogens is 552 g/mol. The molecule has 2 aliphatic rings. The summed E-state index contributed by atoms with van der Waals surface area (Å²) in [6, 6.07) is 9.01. The van der Waals surface area contributed by atoms with Crippen molar-refractivity contribution < 1.29 is 48.9 Å². The molecule has 2 aliphatic heterocycles. The van der Waals surface area contributed by atoms with E-state index in [4.69, 9.17) is 18.9 Å². The normalized spacial score (nSPS) is 18.3. The first kappa shape index (κ1) is 33.3. The molecule has 222 valence electrons. The van der Waals surface area contributed by atoms with Crippen molar-refractivity contribution in [2.75, 3.05) is 39.5 Å². The van der Waals surface area contributed by atoms with E-state index >= 15 is 0 Å². The molecule has 0 aliphatic carbocycles. The van der Waals surface area contributed by atoms with Gasteiger partial charge in [-0.25, -0.2) is 13.2 Å². The van der Waals surface area contributed by atoms with Crippen LogP contribution >= 0.6 is 11.4 Å². The predicted octanol–water partition coefficient (Wildman–Crippen LogP) is 7.53. The lowest BCUT2D eigenvalue weighted by atomic mass is 10.0. The van der Waals surface area contributed by atoms with Crippen LogP contribution in [0.25, 0.3) is 0 Å². The number of alkyl halides is 1. The van der Waals surface area contributed by atoms with Crippen LogP contribution in [0, 0.1) is 11.6 Å². The Morgan fingerprint density at radius 2 is 1.18 bits per heavy atom. The summed E-state index contributed by atoms with van der Waals surface area (Å²) in [6.07, 6.45) is -3.41. The first-order valence-corrected chi connectivity index (χ1v) is 13.7. The second kappa shape index (κ2) is 15.8. The van der Waals surface area contributed by atoms with Crippen LogP contribution in [-0.2, 0) is 18.9 Å². The molecule has 0 bridgehead atoms. The fraction of sp³-hybridized carbons (Fsp3) is 0.538. The standard InChI is InChI=1S/C11H12F2O2.C11H13FO3.C4H10F3NS/c1-7(12)10-8(3-2-4-9(10)13)11-14-5-6-15-11;1-7(13)10-8(3-2-4-9(10)12)11-14-5-6-15-11;1-3-8(4-2)9(5,6)7/h2-4,7,11H,5-6H2,1H3;2-4,7,11,13H,5-6H2,1H3;3-4H2,1-2H3. The maximum Gasteiger partial charge on any atom is 0.278 e. The first-order valence-electron chi connectivity index (χ1n) is 12.4. The molecule has 2 aromatic carbocycles. The van der Waals surface area contributed by atoms with Gasteiger partial charge in [-0.05, 0) is 26.0 Å². The molecule has 0 radical (unpaired) electrons. The zero-order valence-corrected chi connectivity index (χ0v) is 23.0. The van der Waals surface area contributed by atoms with Gasteiger partial charge in [0.2, 0.25) is 0 Å². The van der Waals surface area contributed by atoms with Crippen molar-refractivity contribution in [3.05, 3.63) is 70.3 Å². The topological polar surface area (TPSA) is 60.4 Å². The van der Waals surface area contributed by atoms with Gasteiger partial charge in [0.1, 0.15) is 17.8 Å². The summed E-state index contributed by atoms with van der Waals surface area (Å²) in [4.78, 5) is 0. The number of aliphatic hydroxyl groups excluding tert-OH is 1. The van der Waals surface area contributed by atoms with Crippen molar-refractivity contribution in [2.24, 2.45) is 0 Å². The summed E-state index contributed by atoms with van der Waals surface area (Å²) in [5, 5.41) is 9.49. The van der Waals surface area contributed by atoms with Crippen LogP contribution in [0.3, 0.4) is 0 Å². The average Bonchev–Trinajstić information content (AvgIpc) is 3.59. The van der Waals surface area contributed by atoms with E-state index in [9.17, 15) is 29.9 Å². The lowest BCUT2D eigenvalue weighted by molar-refractivity contribution is -0.0462. The van der Waals surface area contributed by atoms with E-state index < -0.39 is 47.9 Å². The number of nitrogens with zero attached hydrogens (tertiary/aromatic N) is 1. The maximum atomic E-state index is 13.5. The van der Waals surface area contributed by atoms with Gasteiger partial charge in [-0.1, -0.05) is 38.1 Å². The zero-order chi connectivity index (χ0) is 29.2. The summed E-state index contributed by atoms with van der Waals surface area (Å²) in [6.45, 7) is 7.88. The molecule has 0 spiro atoms. The summed E-state index contributed by atoms with van der Waals surface area (Å²) in [5.74, 6) is -0.983. The van der Waals surface area contributed by atoms with Crippen molar-refractivity contribution >= 4 is 11.4 Å². The van der Waals surface area contributed by atoms with Gasteiger partial charge in [0, 0.05) is 35.3 Å². The third kappa shape index (κ3) is 9.62. The SMILES string of the molecule is CC(F)c1c(F)cccc1C1OCCO1.CC(O)c1c(F)cccc1C1OCCO1.CCN(CC)S(F)(F)F. The molecule has 2 fully saturated rings. The third-order valence-corrected chi connectivity index (χ3v) is 6.84. The van der Waals surface area contributed by atoms with E-state index in [1.807, 2.05) is 0 Å². The van der Waals surface area contributed by atoms with Gasteiger partial charge in [0.05, 0.1) is 32.5 Å². The van der Waals surface area contributed by atoms with Gasteiger partial charge in [-0.2, -0.15) is 4.31 Å². The van der Waals surface area contributed by atoms with E-state index in [1.165, 1.54) is 45.9 Å². The smallest absolute Gasteiger partial charge is 0.278 e. The Morgan fingerprint density at radius 3 is 1.49 bits per heavy atom. The number of aliphatic hydroxyl groups is 1. The molecule has 0 amide bonds. The molecule has 4 rings (SSSR count). The van der Waals surface area contributed by atoms with E-state index in [2.05, 4.69) is 0 Å². The minimum absolute atomic E-state index is 0.0319. The molecule has 0 saturated carbocycles. The molecule has 39 heavy (non-hydrogen) atoms. The second-order valence-corrected chi connectivity index (χ2v) is 9.70. The summed E-state index contributed by atoms with van der Waals surface area (Å²) in [5.41, 5.74) is 1.30. The van der Waals surface area contributed by atoms with Gasteiger partial charge in [-0.15, -0.1) is 11.7 Å². The van der Waals surface area contributed by atoms with Gasteiger partial charge in [-0.3, -0.25) is 0 Å². The average molecular weight is 588 g/mol. The van der Waals surface area contributed by atoms with Crippen LogP contribution in [0.2, 0.25) is 0 Å². The van der Waals surface area contributed by atoms with Crippen LogP contribution in [0.4, 0.5) is 24.8 Å². The van der Waals surface area contributed by atoms with Crippen LogP contribution in [0.15, 0.2) is 36.4 Å². The second-order valence-electron chi connectivity index (χ2n) is 8.42. The largest absolute Gasteiger partial charge is 0.389 e. The van der Waals surface area contributed by atoms with Gasteiger partial charge < -0.3 is 24.1 Å². The van der Waals surface area contributed by atoms with Crippen LogP contribution < -0.4 is 0 Å². The van der Waals surface area contributed by atoms with E-state index in [0.29, 0.717) is 41.9 Å². The highest BCUT2D eigenvalue weighted by Crippen LogP contribution is 2.56. The Bertz CT molecular complexity index is 941. The number of hydrogen-bond donors (Lipinski definition) is 1. The maximum absolute atomic E-state index is 13.5. The quantitative estimate of drug-likeness (QED) is 0.338. The third-order valence-electron chi connectivity index (χ3n) is 5.74. The van der Waals surface area contributed by atoms with Gasteiger partial charge >= 0.3 is 0 Å². The van der Waals surface area contributed by atoms with Crippen molar-refractivity contribution in [1.82, 2.24) is 4.31 Å². The van der Waals surface area contributed by atoms with Crippen LogP contribution in [0.1, 0.15) is 74.8 Å². The number of hydrogen-bond acceptors (Lipinski definition) is 6. The van der Waals surface area contributed by atoms with E-state index in [-0.39, 0.29) is 24.2 Å². The van der Waals surface area contributed by atoms with E-state index in [1.54, 1.807) is 18.2 Å². The minimum Gasteiger partial charge on any atom is -0.389 e.